The third-order valence-electron chi connectivity index (χ3n) is 3.07. The molecule has 0 fully saturated rings. The largest absolute Gasteiger partial charge is 0.469 e. The first-order valence-corrected chi connectivity index (χ1v) is 5.39. The van der Waals surface area contributed by atoms with Crippen molar-refractivity contribution < 1.29 is 13.9 Å². The van der Waals surface area contributed by atoms with Gasteiger partial charge in [0.25, 0.3) is 0 Å². The number of esters is 1. The second kappa shape index (κ2) is 4.09. The Labute approximate surface area is 89.4 Å². The van der Waals surface area contributed by atoms with Crippen LogP contribution < -0.4 is 0 Å². The summed E-state index contributed by atoms with van der Waals surface area (Å²) < 4.78 is 10.4. The van der Waals surface area contributed by atoms with Crippen LogP contribution in [0, 0.1) is 6.92 Å². The molecule has 0 N–H and O–H groups in total. The Kier molecular flexibility index (Phi) is 2.80. The summed E-state index contributed by atoms with van der Waals surface area (Å²) in [5, 5.41) is 0. The van der Waals surface area contributed by atoms with E-state index in [4.69, 9.17) is 4.42 Å². The van der Waals surface area contributed by atoms with Crippen molar-refractivity contribution in [2.75, 3.05) is 7.11 Å². The van der Waals surface area contributed by atoms with Gasteiger partial charge < -0.3 is 9.15 Å². The highest BCUT2D eigenvalue weighted by Crippen LogP contribution is 2.29. The van der Waals surface area contributed by atoms with Gasteiger partial charge in [-0.2, -0.15) is 0 Å². The summed E-state index contributed by atoms with van der Waals surface area (Å²) in [6.45, 7) is 2.03. The smallest absolute Gasteiger partial charge is 0.313 e. The fourth-order valence-corrected chi connectivity index (χ4v) is 2.15. The quantitative estimate of drug-likeness (QED) is 0.699. The first-order valence-electron chi connectivity index (χ1n) is 5.39. The molecule has 0 unspecified atom stereocenters. The lowest BCUT2D eigenvalue weighted by Crippen LogP contribution is -2.04. The van der Waals surface area contributed by atoms with Crippen LogP contribution in [0.3, 0.4) is 0 Å². The minimum atomic E-state index is -0.232. The standard InChI is InChI=1S/C12H16O3/c1-8-9-5-3-4-6-10(9)15-11(8)7-12(13)14-2/h3-7H2,1-2H3. The van der Waals surface area contributed by atoms with Gasteiger partial charge in [-0.15, -0.1) is 0 Å². The molecule has 15 heavy (non-hydrogen) atoms. The molecule has 2 rings (SSSR count). The van der Waals surface area contributed by atoms with Gasteiger partial charge >= 0.3 is 5.97 Å². The third-order valence-corrected chi connectivity index (χ3v) is 3.07. The second-order valence-corrected chi connectivity index (χ2v) is 4.01. The maximum atomic E-state index is 11.2. The van der Waals surface area contributed by atoms with Crippen molar-refractivity contribution in [3.63, 3.8) is 0 Å². The summed E-state index contributed by atoms with van der Waals surface area (Å²) >= 11 is 0. The zero-order valence-electron chi connectivity index (χ0n) is 9.26. The average molecular weight is 208 g/mol. The van der Waals surface area contributed by atoms with E-state index in [1.54, 1.807) is 0 Å². The molecule has 3 heteroatoms. The van der Waals surface area contributed by atoms with Gasteiger partial charge in [-0.3, -0.25) is 4.79 Å². The van der Waals surface area contributed by atoms with Gasteiger partial charge in [-0.1, -0.05) is 0 Å². The van der Waals surface area contributed by atoms with Gasteiger partial charge in [0.1, 0.15) is 17.9 Å². The maximum absolute atomic E-state index is 11.2. The molecule has 0 atom stereocenters. The number of aryl methyl sites for hydroxylation is 1. The first-order chi connectivity index (χ1) is 7.22. The van der Waals surface area contributed by atoms with E-state index in [1.807, 2.05) is 6.92 Å². The van der Waals surface area contributed by atoms with Crippen LogP contribution in [0.5, 0.6) is 0 Å². The number of carbonyl (C=O) groups excluding carboxylic acids is 1. The lowest BCUT2D eigenvalue weighted by atomic mass is 9.95. The number of fused-ring (bicyclic) bond motifs is 1. The van der Waals surface area contributed by atoms with E-state index >= 15 is 0 Å². The Bertz CT molecular complexity index is 376. The van der Waals surface area contributed by atoms with Crippen molar-refractivity contribution in [3.05, 3.63) is 22.6 Å². The molecule has 0 spiro atoms. The van der Waals surface area contributed by atoms with Gasteiger partial charge in [-0.25, -0.2) is 0 Å². The van der Waals surface area contributed by atoms with E-state index in [1.165, 1.54) is 25.5 Å². The van der Waals surface area contributed by atoms with Crippen molar-refractivity contribution in [1.82, 2.24) is 0 Å². The molecule has 1 heterocycles. The topological polar surface area (TPSA) is 39.4 Å². The van der Waals surface area contributed by atoms with Crippen LogP contribution in [-0.4, -0.2) is 13.1 Å². The lowest BCUT2D eigenvalue weighted by molar-refractivity contribution is -0.140. The number of rotatable bonds is 2. The number of methoxy groups -OCH3 is 1. The predicted molar refractivity (Wildman–Crippen MR) is 55.8 cm³/mol. The van der Waals surface area contributed by atoms with Crippen LogP contribution >= 0.6 is 0 Å². The van der Waals surface area contributed by atoms with E-state index in [-0.39, 0.29) is 12.4 Å². The number of hydrogen-bond acceptors (Lipinski definition) is 3. The van der Waals surface area contributed by atoms with Gasteiger partial charge in [0, 0.05) is 6.42 Å². The van der Waals surface area contributed by atoms with Crippen LogP contribution in [0.4, 0.5) is 0 Å². The lowest BCUT2D eigenvalue weighted by Gasteiger charge is -2.08. The van der Waals surface area contributed by atoms with Crippen LogP contribution in [0.25, 0.3) is 0 Å². The molecular weight excluding hydrogens is 192 g/mol. The Morgan fingerprint density at radius 3 is 2.80 bits per heavy atom. The molecule has 1 aliphatic carbocycles. The second-order valence-electron chi connectivity index (χ2n) is 4.01. The summed E-state index contributed by atoms with van der Waals surface area (Å²) in [5.41, 5.74) is 2.47. The van der Waals surface area contributed by atoms with Crippen LogP contribution in [0.2, 0.25) is 0 Å². The molecule has 3 nitrogen and oxygen atoms in total. The summed E-state index contributed by atoms with van der Waals surface area (Å²) in [5.74, 6) is 1.63. The SMILES string of the molecule is COC(=O)Cc1oc2c(c1C)CCCC2. The summed E-state index contributed by atoms with van der Waals surface area (Å²) in [7, 11) is 1.40. The summed E-state index contributed by atoms with van der Waals surface area (Å²) in [4.78, 5) is 11.2. The maximum Gasteiger partial charge on any atom is 0.313 e. The fourth-order valence-electron chi connectivity index (χ4n) is 2.15. The Hall–Kier alpha value is -1.25. The first kappa shape index (κ1) is 10.3. The van der Waals surface area contributed by atoms with Crippen LogP contribution in [0.15, 0.2) is 4.42 Å². The summed E-state index contributed by atoms with van der Waals surface area (Å²) in [6.07, 6.45) is 4.78. The van der Waals surface area contributed by atoms with Crippen molar-refractivity contribution in [3.8, 4) is 0 Å². The van der Waals surface area contributed by atoms with Gasteiger partial charge in [0.2, 0.25) is 0 Å². The highest BCUT2D eigenvalue weighted by molar-refractivity contribution is 5.72. The van der Waals surface area contributed by atoms with E-state index in [2.05, 4.69) is 4.74 Å². The van der Waals surface area contributed by atoms with E-state index in [0.717, 1.165) is 29.9 Å². The van der Waals surface area contributed by atoms with Gasteiger partial charge in [0.05, 0.1) is 7.11 Å². The Morgan fingerprint density at radius 2 is 2.13 bits per heavy atom. The fraction of sp³-hybridized carbons (Fsp3) is 0.583. The Morgan fingerprint density at radius 1 is 1.40 bits per heavy atom. The molecule has 0 saturated heterocycles. The zero-order chi connectivity index (χ0) is 10.8. The minimum Gasteiger partial charge on any atom is -0.469 e. The predicted octanol–water partition coefficient (Wildman–Crippen LogP) is 2.18. The number of furan rings is 1. The average Bonchev–Trinajstić information content (AvgIpc) is 2.57. The number of hydrogen-bond donors (Lipinski definition) is 0. The van der Waals surface area contributed by atoms with Crippen molar-refractivity contribution in [2.24, 2.45) is 0 Å². The molecule has 0 bridgehead atoms. The molecule has 0 aromatic carbocycles. The highest BCUT2D eigenvalue weighted by atomic mass is 16.5. The molecule has 0 radical (unpaired) electrons. The third kappa shape index (κ3) is 1.91. The molecule has 0 aliphatic heterocycles. The van der Waals surface area contributed by atoms with Crippen LogP contribution in [0.1, 0.15) is 35.5 Å². The molecule has 1 aromatic heterocycles. The molecular formula is C12H16O3. The van der Waals surface area contributed by atoms with Crippen molar-refractivity contribution >= 4 is 5.97 Å². The normalized spacial score (nSPS) is 14.8. The van der Waals surface area contributed by atoms with Gasteiger partial charge in [-0.05, 0) is 37.3 Å². The molecule has 1 aromatic rings. The zero-order valence-corrected chi connectivity index (χ0v) is 9.26. The molecule has 1 aliphatic rings. The van der Waals surface area contributed by atoms with Crippen molar-refractivity contribution in [1.29, 1.82) is 0 Å². The molecule has 82 valence electrons. The van der Waals surface area contributed by atoms with Crippen molar-refractivity contribution in [2.45, 2.75) is 39.0 Å². The monoisotopic (exact) mass is 208 g/mol. The summed E-state index contributed by atoms with van der Waals surface area (Å²) in [6, 6.07) is 0. The number of ether oxygens (including phenoxy) is 1. The molecule has 0 saturated carbocycles. The number of carbonyl (C=O) groups is 1. The van der Waals surface area contributed by atoms with E-state index < -0.39 is 0 Å². The van der Waals surface area contributed by atoms with Gasteiger partial charge in [0.15, 0.2) is 0 Å². The Balaban J connectivity index is 2.25. The van der Waals surface area contributed by atoms with Crippen LogP contribution in [-0.2, 0) is 28.8 Å². The molecule has 0 amide bonds. The van der Waals surface area contributed by atoms with E-state index in [9.17, 15) is 4.79 Å². The highest BCUT2D eigenvalue weighted by Gasteiger charge is 2.21. The van der Waals surface area contributed by atoms with E-state index in [0.29, 0.717) is 0 Å². The minimum absolute atomic E-state index is 0.232.